The number of aromatic nitrogens is 3. The second kappa shape index (κ2) is 3.84. The molecule has 90 valence electrons. The number of esters is 1. The maximum atomic E-state index is 11.4. The first-order chi connectivity index (χ1) is 7.91. The van der Waals surface area contributed by atoms with Gasteiger partial charge in [-0.3, -0.25) is 0 Å². The van der Waals surface area contributed by atoms with Gasteiger partial charge in [0, 0.05) is 11.6 Å². The quantitative estimate of drug-likeness (QED) is 0.705. The minimum Gasteiger partial charge on any atom is -0.465 e. The molecule has 0 aliphatic carbocycles. The largest absolute Gasteiger partial charge is 0.465 e. The van der Waals surface area contributed by atoms with Gasteiger partial charge in [0.15, 0.2) is 11.5 Å². The van der Waals surface area contributed by atoms with Gasteiger partial charge in [0.2, 0.25) is 0 Å². The monoisotopic (exact) mass is 233 g/mol. The molecule has 2 aromatic heterocycles. The fourth-order valence-corrected chi connectivity index (χ4v) is 1.44. The van der Waals surface area contributed by atoms with Crippen LogP contribution in [0.5, 0.6) is 0 Å². The van der Waals surface area contributed by atoms with Crippen LogP contribution in [0.3, 0.4) is 0 Å². The highest BCUT2D eigenvalue weighted by Crippen LogP contribution is 2.19. The van der Waals surface area contributed by atoms with Crippen molar-refractivity contribution < 1.29 is 9.53 Å². The van der Waals surface area contributed by atoms with Crippen molar-refractivity contribution in [2.75, 3.05) is 7.11 Å². The maximum Gasteiger partial charge on any atom is 0.339 e. The number of rotatable bonds is 1. The molecule has 0 bridgehead atoms. The lowest BCUT2D eigenvalue weighted by molar-refractivity contribution is 0.0600. The second-order valence-electron chi connectivity index (χ2n) is 4.90. The zero-order chi connectivity index (χ0) is 12.6. The van der Waals surface area contributed by atoms with Gasteiger partial charge in [-0.15, -0.1) is 0 Å². The van der Waals surface area contributed by atoms with Crippen LogP contribution in [-0.2, 0) is 10.2 Å². The summed E-state index contributed by atoms with van der Waals surface area (Å²) in [6, 6.07) is 3.44. The van der Waals surface area contributed by atoms with E-state index in [0.29, 0.717) is 5.56 Å². The average Bonchev–Trinajstić information content (AvgIpc) is 2.70. The molecule has 2 heterocycles. The van der Waals surface area contributed by atoms with Crippen LogP contribution in [0.2, 0.25) is 0 Å². The molecule has 0 saturated carbocycles. The summed E-state index contributed by atoms with van der Waals surface area (Å²) in [7, 11) is 1.36. The number of hydrogen-bond donors (Lipinski definition) is 0. The predicted molar refractivity (Wildman–Crippen MR) is 63.0 cm³/mol. The summed E-state index contributed by atoms with van der Waals surface area (Å²) < 4.78 is 6.26. The SMILES string of the molecule is COC(=O)c1ccc2nc(C(C)(C)C)nn2c1. The van der Waals surface area contributed by atoms with E-state index < -0.39 is 0 Å². The number of carbonyl (C=O) groups is 1. The van der Waals surface area contributed by atoms with Gasteiger partial charge in [0.05, 0.1) is 12.7 Å². The molecule has 0 saturated heterocycles. The number of methoxy groups -OCH3 is 1. The van der Waals surface area contributed by atoms with Crippen molar-refractivity contribution in [2.24, 2.45) is 0 Å². The third-order valence-corrected chi connectivity index (χ3v) is 2.42. The molecule has 17 heavy (non-hydrogen) atoms. The Morgan fingerprint density at radius 3 is 2.65 bits per heavy atom. The Labute approximate surface area is 99.4 Å². The zero-order valence-electron chi connectivity index (χ0n) is 10.4. The second-order valence-corrected chi connectivity index (χ2v) is 4.90. The Balaban J connectivity index is 2.52. The van der Waals surface area contributed by atoms with Crippen molar-refractivity contribution >= 4 is 11.6 Å². The van der Waals surface area contributed by atoms with Gasteiger partial charge in [-0.05, 0) is 12.1 Å². The van der Waals surface area contributed by atoms with Crippen molar-refractivity contribution in [3.05, 3.63) is 29.7 Å². The number of nitrogens with zero attached hydrogens (tertiary/aromatic N) is 3. The molecule has 0 aromatic carbocycles. The van der Waals surface area contributed by atoms with E-state index in [0.717, 1.165) is 11.5 Å². The van der Waals surface area contributed by atoms with Gasteiger partial charge in [-0.1, -0.05) is 20.8 Å². The van der Waals surface area contributed by atoms with Gasteiger partial charge in [0.25, 0.3) is 0 Å². The molecule has 5 heteroatoms. The fraction of sp³-hybridized carbons (Fsp3) is 0.417. The summed E-state index contributed by atoms with van der Waals surface area (Å²) in [6.45, 7) is 6.13. The summed E-state index contributed by atoms with van der Waals surface area (Å²) >= 11 is 0. The van der Waals surface area contributed by atoms with Crippen LogP contribution < -0.4 is 0 Å². The van der Waals surface area contributed by atoms with Gasteiger partial charge < -0.3 is 4.74 Å². The summed E-state index contributed by atoms with van der Waals surface area (Å²) in [5, 5.41) is 4.36. The van der Waals surface area contributed by atoms with Crippen LogP contribution in [0.25, 0.3) is 5.65 Å². The third-order valence-electron chi connectivity index (χ3n) is 2.42. The van der Waals surface area contributed by atoms with Crippen LogP contribution in [0.15, 0.2) is 18.3 Å². The molecule has 0 N–H and O–H groups in total. The number of hydrogen-bond acceptors (Lipinski definition) is 4. The van der Waals surface area contributed by atoms with Crippen molar-refractivity contribution in [3.63, 3.8) is 0 Å². The summed E-state index contributed by atoms with van der Waals surface area (Å²) in [5.41, 5.74) is 1.07. The Hall–Kier alpha value is -1.91. The van der Waals surface area contributed by atoms with E-state index in [2.05, 4.69) is 14.8 Å². The minimum absolute atomic E-state index is 0.114. The molecule has 0 fully saturated rings. The molecule has 0 amide bonds. The van der Waals surface area contributed by atoms with Crippen molar-refractivity contribution in [1.29, 1.82) is 0 Å². The average molecular weight is 233 g/mol. The van der Waals surface area contributed by atoms with E-state index in [4.69, 9.17) is 0 Å². The summed E-state index contributed by atoms with van der Waals surface area (Å²) in [4.78, 5) is 15.8. The van der Waals surface area contributed by atoms with Gasteiger partial charge in [-0.2, -0.15) is 5.10 Å². The van der Waals surface area contributed by atoms with Crippen molar-refractivity contribution in [3.8, 4) is 0 Å². The molecule has 0 unspecified atom stereocenters. The molecule has 5 nitrogen and oxygen atoms in total. The Bertz CT molecular complexity index is 567. The zero-order valence-corrected chi connectivity index (χ0v) is 10.4. The summed E-state index contributed by atoms with van der Waals surface area (Å²) in [6.07, 6.45) is 1.63. The predicted octanol–water partition coefficient (Wildman–Crippen LogP) is 1.81. The van der Waals surface area contributed by atoms with E-state index in [-0.39, 0.29) is 11.4 Å². The highest BCUT2D eigenvalue weighted by atomic mass is 16.5. The molecule has 2 aromatic rings. The number of pyridine rings is 1. The lowest BCUT2D eigenvalue weighted by atomic mass is 9.96. The summed E-state index contributed by atoms with van der Waals surface area (Å²) in [5.74, 6) is 0.374. The number of fused-ring (bicyclic) bond motifs is 1. The molecule has 0 radical (unpaired) electrons. The third kappa shape index (κ3) is 2.13. The molecule has 0 atom stereocenters. The lowest BCUT2D eigenvalue weighted by Gasteiger charge is -2.11. The minimum atomic E-state index is -0.375. The highest BCUT2D eigenvalue weighted by molar-refractivity contribution is 5.89. The topological polar surface area (TPSA) is 56.5 Å². The lowest BCUT2D eigenvalue weighted by Crippen LogP contribution is -2.13. The standard InChI is InChI=1S/C12H15N3O2/c1-12(2,3)11-13-9-6-5-8(10(16)17-4)7-15(9)14-11/h5-7H,1-4H3. The van der Waals surface area contributed by atoms with Gasteiger partial charge >= 0.3 is 5.97 Å². The van der Waals surface area contributed by atoms with Gasteiger partial charge in [-0.25, -0.2) is 14.3 Å². The van der Waals surface area contributed by atoms with E-state index >= 15 is 0 Å². The molecule has 0 aliphatic heterocycles. The molecular formula is C12H15N3O2. The molecule has 0 aliphatic rings. The first-order valence-electron chi connectivity index (χ1n) is 5.37. The highest BCUT2D eigenvalue weighted by Gasteiger charge is 2.20. The smallest absolute Gasteiger partial charge is 0.339 e. The van der Waals surface area contributed by atoms with E-state index in [1.807, 2.05) is 20.8 Å². The maximum absolute atomic E-state index is 11.4. The number of carbonyl (C=O) groups excluding carboxylic acids is 1. The van der Waals surface area contributed by atoms with E-state index in [9.17, 15) is 4.79 Å². The van der Waals surface area contributed by atoms with Crippen LogP contribution >= 0.6 is 0 Å². The van der Waals surface area contributed by atoms with Crippen LogP contribution in [0.4, 0.5) is 0 Å². The Morgan fingerprint density at radius 2 is 2.06 bits per heavy atom. The normalized spacial score (nSPS) is 11.8. The van der Waals surface area contributed by atoms with E-state index in [1.165, 1.54) is 7.11 Å². The van der Waals surface area contributed by atoms with Crippen molar-refractivity contribution in [2.45, 2.75) is 26.2 Å². The van der Waals surface area contributed by atoms with Crippen LogP contribution in [-0.4, -0.2) is 27.7 Å². The van der Waals surface area contributed by atoms with Gasteiger partial charge in [0.1, 0.15) is 0 Å². The number of ether oxygens (including phenoxy) is 1. The fourth-order valence-electron chi connectivity index (χ4n) is 1.44. The first-order valence-corrected chi connectivity index (χ1v) is 5.37. The molecule has 2 rings (SSSR count). The first kappa shape index (κ1) is 11.6. The van der Waals surface area contributed by atoms with Crippen molar-refractivity contribution in [1.82, 2.24) is 14.6 Å². The molecule has 0 spiro atoms. The van der Waals surface area contributed by atoms with Crippen LogP contribution in [0.1, 0.15) is 37.0 Å². The van der Waals surface area contributed by atoms with E-state index in [1.54, 1.807) is 22.8 Å². The Morgan fingerprint density at radius 1 is 1.35 bits per heavy atom. The molecular weight excluding hydrogens is 218 g/mol. The Kier molecular flexibility index (Phi) is 2.61. The van der Waals surface area contributed by atoms with Crippen LogP contribution in [0, 0.1) is 0 Å².